The first-order chi connectivity index (χ1) is 5.96. The van der Waals surface area contributed by atoms with Gasteiger partial charge in [-0.15, -0.1) is 0 Å². The SMILES string of the molecule is COC(=O)NC1(C(=O)O)C(C)C1C. The first-order valence-corrected chi connectivity index (χ1v) is 4.06. The van der Waals surface area contributed by atoms with Gasteiger partial charge in [0.2, 0.25) is 0 Å². The van der Waals surface area contributed by atoms with E-state index in [9.17, 15) is 9.59 Å². The van der Waals surface area contributed by atoms with Gasteiger partial charge in [-0.2, -0.15) is 0 Å². The van der Waals surface area contributed by atoms with Gasteiger partial charge in [-0.05, 0) is 11.8 Å². The number of alkyl carbamates (subject to hydrolysis) is 1. The van der Waals surface area contributed by atoms with E-state index in [4.69, 9.17) is 5.11 Å². The second-order valence-corrected chi connectivity index (χ2v) is 3.37. The summed E-state index contributed by atoms with van der Waals surface area (Å²) in [5.74, 6) is -1.11. The molecule has 1 amide bonds. The molecule has 5 nitrogen and oxygen atoms in total. The highest BCUT2D eigenvalue weighted by atomic mass is 16.5. The quantitative estimate of drug-likeness (QED) is 0.658. The van der Waals surface area contributed by atoms with Gasteiger partial charge in [0, 0.05) is 0 Å². The molecule has 1 aliphatic rings. The lowest BCUT2D eigenvalue weighted by Gasteiger charge is -2.13. The zero-order chi connectivity index (χ0) is 10.2. The van der Waals surface area contributed by atoms with Crippen molar-refractivity contribution in [3.63, 3.8) is 0 Å². The van der Waals surface area contributed by atoms with Crippen LogP contribution in [0, 0.1) is 11.8 Å². The Bertz CT molecular complexity index is 243. The van der Waals surface area contributed by atoms with Crippen LogP contribution in [0.25, 0.3) is 0 Å². The topological polar surface area (TPSA) is 75.6 Å². The van der Waals surface area contributed by atoms with Crippen molar-refractivity contribution in [2.75, 3.05) is 7.11 Å². The van der Waals surface area contributed by atoms with Crippen molar-refractivity contribution in [3.8, 4) is 0 Å². The molecule has 1 saturated carbocycles. The number of amides is 1. The van der Waals surface area contributed by atoms with E-state index in [1.54, 1.807) is 13.8 Å². The molecule has 2 N–H and O–H groups in total. The molecule has 13 heavy (non-hydrogen) atoms. The number of carboxylic acid groups (broad SMARTS) is 1. The maximum atomic E-state index is 10.9. The molecule has 74 valence electrons. The number of nitrogens with one attached hydrogen (secondary N) is 1. The average molecular weight is 187 g/mol. The molecular formula is C8H13NO4. The molecule has 0 spiro atoms. The predicted octanol–water partition coefficient (Wildman–Crippen LogP) is 0.452. The molecule has 0 heterocycles. The summed E-state index contributed by atoms with van der Waals surface area (Å²) >= 11 is 0. The molecule has 2 atom stereocenters. The third-order valence-corrected chi connectivity index (χ3v) is 2.93. The molecule has 5 heteroatoms. The first-order valence-electron chi connectivity index (χ1n) is 4.06. The van der Waals surface area contributed by atoms with Crippen molar-refractivity contribution in [2.24, 2.45) is 11.8 Å². The highest BCUT2D eigenvalue weighted by Gasteiger charge is 2.66. The summed E-state index contributed by atoms with van der Waals surface area (Å²) in [5.41, 5.74) is -1.12. The van der Waals surface area contributed by atoms with E-state index in [1.165, 1.54) is 7.11 Å². The molecule has 0 radical (unpaired) electrons. The van der Waals surface area contributed by atoms with Gasteiger partial charge in [-0.25, -0.2) is 9.59 Å². The van der Waals surface area contributed by atoms with Crippen LogP contribution in [0.5, 0.6) is 0 Å². The highest BCUT2D eigenvalue weighted by molar-refractivity contribution is 5.88. The van der Waals surface area contributed by atoms with Crippen LogP contribution in [0.4, 0.5) is 4.79 Å². The molecule has 2 unspecified atom stereocenters. The standard InChI is InChI=1S/C8H13NO4/c1-4-5(2)8(4,6(10)11)9-7(12)13-3/h4-5H,1-3H3,(H,9,12)(H,10,11). The minimum atomic E-state index is -1.12. The number of ether oxygens (including phenoxy) is 1. The predicted molar refractivity (Wildman–Crippen MR) is 44.2 cm³/mol. The minimum Gasteiger partial charge on any atom is -0.479 e. The van der Waals surface area contributed by atoms with Gasteiger partial charge in [0.15, 0.2) is 0 Å². The van der Waals surface area contributed by atoms with Crippen molar-refractivity contribution in [1.29, 1.82) is 0 Å². The van der Waals surface area contributed by atoms with E-state index < -0.39 is 17.6 Å². The number of carbonyl (C=O) groups is 2. The zero-order valence-electron chi connectivity index (χ0n) is 7.83. The van der Waals surface area contributed by atoms with Gasteiger partial charge in [0.05, 0.1) is 7.11 Å². The molecule has 0 aromatic carbocycles. The lowest BCUT2D eigenvalue weighted by molar-refractivity contribution is -0.141. The van der Waals surface area contributed by atoms with Gasteiger partial charge in [-0.3, -0.25) is 0 Å². The summed E-state index contributed by atoms with van der Waals surface area (Å²) < 4.78 is 4.36. The Balaban J connectivity index is 2.73. The fraction of sp³-hybridized carbons (Fsp3) is 0.750. The normalized spacial score (nSPS) is 36.5. The minimum absolute atomic E-state index is 0.0518. The Kier molecular flexibility index (Phi) is 2.19. The molecule has 1 fully saturated rings. The van der Waals surface area contributed by atoms with Crippen molar-refractivity contribution in [3.05, 3.63) is 0 Å². The molecule has 0 aliphatic heterocycles. The van der Waals surface area contributed by atoms with Gasteiger partial charge in [0.1, 0.15) is 5.54 Å². The van der Waals surface area contributed by atoms with Gasteiger partial charge >= 0.3 is 12.1 Å². The fourth-order valence-corrected chi connectivity index (χ4v) is 1.67. The van der Waals surface area contributed by atoms with Crippen LogP contribution in [-0.2, 0) is 9.53 Å². The maximum absolute atomic E-state index is 10.9. The van der Waals surface area contributed by atoms with Crippen molar-refractivity contribution >= 4 is 12.1 Å². The van der Waals surface area contributed by atoms with Crippen LogP contribution in [0.15, 0.2) is 0 Å². The number of methoxy groups -OCH3 is 1. The monoisotopic (exact) mass is 187 g/mol. The number of rotatable bonds is 2. The second-order valence-electron chi connectivity index (χ2n) is 3.37. The lowest BCUT2D eigenvalue weighted by Crippen LogP contribution is -2.45. The van der Waals surface area contributed by atoms with E-state index in [1.807, 2.05) is 0 Å². The summed E-state index contributed by atoms with van der Waals surface area (Å²) in [6, 6.07) is 0. The van der Waals surface area contributed by atoms with E-state index in [0.29, 0.717) is 0 Å². The summed E-state index contributed by atoms with van der Waals surface area (Å²) in [7, 11) is 1.21. The van der Waals surface area contributed by atoms with Crippen molar-refractivity contribution in [1.82, 2.24) is 5.32 Å². The van der Waals surface area contributed by atoms with Crippen molar-refractivity contribution in [2.45, 2.75) is 19.4 Å². The molecule has 0 aromatic rings. The summed E-state index contributed by atoms with van der Waals surface area (Å²) in [5, 5.41) is 11.3. The van der Waals surface area contributed by atoms with E-state index in [-0.39, 0.29) is 11.8 Å². The van der Waals surface area contributed by atoms with E-state index in [2.05, 4.69) is 10.1 Å². The molecular weight excluding hydrogens is 174 g/mol. The number of hydrogen-bond acceptors (Lipinski definition) is 3. The Morgan fingerprint density at radius 1 is 1.38 bits per heavy atom. The van der Waals surface area contributed by atoms with Crippen molar-refractivity contribution < 1.29 is 19.4 Å². The highest BCUT2D eigenvalue weighted by Crippen LogP contribution is 2.50. The third kappa shape index (κ3) is 1.24. The zero-order valence-corrected chi connectivity index (χ0v) is 7.83. The Hall–Kier alpha value is -1.26. The third-order valence-electron chi connectivity index (χ3n) is 2.93. The van der Waals surface area contributed by atoms with Gasteiger partial charge < -0.3 is 15.2 Å². The number of aliphatic carboxylic acids is 1. The Morgan fingerprint density at radius 3 is 2.08 bits per heavy atom. The molecule has 0 saturated heterocycles. The van der Waals surface area contributed by atoms with Crippen LogP contribution >= 0.6 is 0 Å². The Labute approximate surface area is 76.1 Å². The first kappa shape index (κ1) is 9.83. The maximum Gasteiger partial charge on any atom is 0.407 e. The van der Waals surface area contributed by atoms with Gasteiger partial charge in [-0.1, -0.05) is 13.8 Å². The summed E-state index contributed by atoms with van der Waals surface area (Å²) in [4.78, 5) is 21.8. The lowest BCUT2D eigenvalue weighted by atomic mass is 10.2. The summed E-state index contributed by atoms with van der Waals surface area (Å²) in [6.07, 6.45) is -0.696. The van der Waals surface area contributed by atoms with E-state index in [0.717, 1.165) is 0 Å². The molecule has 0 bridgehead atoms. The molecule has 0 aromatic heterocycles. The summed E-state index contributed by atoms with van der Waals surface area (Å²) in [6.45, 7) is 3.57. The fourth-order valence-electron chi connectivity index (χ4n) is 1.67. The largest absolute Gasteiger partial charge is 0.479 e. The van der Waals surface area contributed by atoms with Crippen LogP contribution in [-0.4, -0.2) is 29.8 Å². The molecule has 1 aliphatic carbocycles. The average Bonchev–Trinajstić information content (AvgIpc) is 2.58. The van der Waals surface area contributed by atoms with Crippen LogP contribution in [0.3, 0.4) is 0 Å². The number of hydrogen-bond donors (Lipinski definition) is 2. The van der Waals surface area contributed by atoms with Crippen LogP contribution in [0.1, 0.15) is 13.8 Å². The van der Waals surface area contributed by atoms with Gasteiger partial charge in [0.25, 0.3) is 0 Å². The second kappa shape index (κ2) is 2.90. The van der Waals surface area contributed by atoms with Crippen LogP contribution in [0.2, 0.25) is 0 Å². The van der Waals surface area contributed by atoms with E-state index >= 15 is 0 Å². The number of carbonyl (C=O) groups excluding carboxylic acids is 1. The Morgan fingerprint density at radius 2 is 1.85 bits per heavy atom. The van der Waals surface area contributed by atoms with Crippen LogP contribution < -0.4 is 5.32 Å². The smallest absolute Gasteiger partial charge is 0.407 e. The number of carboxylic acids is 1. The molecule has 1 rings (SSSR count).